The molecule has 2 heterocycles. The summed E-state index contributed by atoms with van der Waals surface area (Å²) in [5, 5.41) is 13.8. The molecule has 6 nitrogen and oxygen atoms in total. The van der Waals surface area contributed by atoms with Crippen LogP contribution in [0.1, 0.15) is 31.9 Å². The normalized spacial score (nSPS) is 13.3. The van der Waals surface area contributed by atoms with E-state index < -0.39 is 22.5 Å². The molecule has 3 aromatic rings. The zero-order valence-electron chi connectivity index (χ0n) is 13.8. The van der Waals surface area contributed by atoms with Gasteiger partial charge in [-0.05, 0) is 25.5 Å². The average molecular weight is 386 g/mol. The highest BCUT2D eigenvalue weighted by molar-refractivity contribution is 6.33. The number of nitrogens with two attached hydrogens (primary N) is 1. The van der Waals surface area contributed by atoms with Gasteiger partial charge in [0.25, 0.3) is 0 Å². The molecule has 1 atom stereocenters. The first-order valence-electron chi connectivity index (χ1n) is 7.73. The Kier molecular flexibility index (Phi) is 4.43. The van der Waals surface area contributed by atoms with Gasteiger partial charge in [-0.2, -0.15) is 18.3 Å². The Labute approximate surface area is 151 Å². The summed E-state index contributed by atoms with van der Waals surface area (Å²) in [7, 11) is 0. The summed E-state index contributed by atoms with van der Waals surface area (Å²) in [6, 6.07) is 1.88. The van der Waals surface area contributed by atoms with Crippen LogP contribution >= 0.6 is 11.6 Å². The molecule has 0 aliphatic carbocycles. The predicted molar refractivity (Wildman–Crippen MR) is 91.9 cm³/mol. The van der Waals surface area contributed by atoms with E-state index in [1.54, 1.807) is 4.68 Å². The fourth-order valence-electron chi connectivity index (χ4n) is 2.63. The number of nitrogens with zero attached hydrogens (tertiary/aromatic N) is 4. The van der Waals surface area contributed by atoms with E-state index >= 15 is 0 Å². The first-order valence-corrected chi connectivity index (χ1v) is 8.11. The third kappa shape index (κ3) is 2.92. The van der Waals surface area contributed by atoms with E-state index in [0.29, 0.717) is 11.0 Å². The molecular weight excluding hydrogens is 371 g/mol. The molecule has 0 fully saturated rings. The SMILES string of the molecule is CCC(C)n1nc(-c2cc(O)c(Cl)c(C(F)(F)F)c2)c2c(N)ncnc21. The summed E-state index contributed by atoms with van der Waals surface area (Å²) in [5.74, 6) is -0.610. The molecule has 3 rings (SSSR count). The summed E-state index contributed by atoms with van der Waals surface area (Å²) in [6.45, 7) is 3.84. The third-order valence-electron chi connectivity index (χ3n) is 4.16. The molecule has 10 heteroatoms. The lowest BCUT2D eigenvalue weighted by molar-refractivity contribution is -0.137. The van der Waals surface area contributed by atoms with Gasteiger partial charge in [0.2, 0.25) is 0 Å². The second-order valence-electron chi connectivity index (χ2n) is 5.86. The average Bonchev–Trinajstić information content (AvgIpc) is 2.96. The quantitative estimate of drug-likeness (QED) is 0.696. The van der Waals surface area contributed by atoms with Crippen molar-refractivity contribution in [2.24, 2.45) is 0 Å². The summed E-state index contributed by atoms with van der Waals surface area (Å²) in [4.78, 5) is 8.07. The van der Waals surface area contributed by atoms with E-state index in [1.165, 1.54) is 6.33 Å². The van der Waals surface area contributed by atoms with Crippen molar-refractivity contribution >= 4 is 28.5 Å². The molecular formula is C16H15ClF3N5O. The summed E-state index contributed by atoms with van der Waals surface area (Å²) in [5.41, 5.74) is 5.35. The molecule has 0 radical (unpaired) electrons. The van der Waals surface area contributed by atoms with Gasteiger partial charge in [-0.25, -0.2) is 14.6 Å². The van der Waals surface area contributed by atoms with Crippen molar-refractivity contribution in [2.75, 3.05) is 5.73 Å². The minimum Gasteiger partial charge on any atom is -0.506 e. The number of nitrogen functional groups attached to an aromatic ring is 1. The Balaban J connectivity index is 2.35. The number of alkyl halides is 3. The third-order valence-corrected chi connectivity index (χ3v) is 4.56. The Morgan fingerprint density at radius 3 is 2.62 bits per heavy atom. The van der Waals surface area contributed by atoms with Crippen molar-refractivity contribution < 1.29 is 18.3 Å². The van der Waals surface area contributed by atoms with Crippen LogP contribution in [0.25, 0.3) is 22.3 Å². The summed E-state index contributed by atoms with van der Waals surface area (Å²) in [6.07, 6.45) is -2.75. The lowest BCUT2D eigenvalue weighted by atomic mass is 10.0. The van der Waals surface area contributed by atoms with Crippen molar-refractivity contribution in [1.29, 1.82) is 0 Å². The van der Waals surface area contributed by atoms with Gasteiger partial charge in [-0.1, -0.05) is 18.5 Å². The van der Waals surface area contributed by atoms with Crippen LogP contribution in [0.5, 0.6) is 5.75 Å². The number of rotatable bonds is 3. The minimum absolute atomic E-state index is 0.0211. The Morgan fingerprint density at radius 2 is 2.00 bits per heavy atom. The first-order chi connectivity index (χ1) is 12.1. The number of phenols is 1. The number of fused-ring (bicyclic) bond motifs is 1. The Bertz CT molecular complexity index is 986. The van der Waals surface area contributed by atoms with E-state index in [9.17, 15) is 18.3 Å². The highest BCUT2D eigenvalue weighted by Gasteiger charge is 2.35. The summed E-state index contributed by atoms with van der Waals surface area (Å²) < 4.78 is 41.3. The number of aromatic hydroxyl groups is 1. The molecule has 0 saturated heterocycles. The van der Waals surface area contributed by atoms with Crippen LogP contribution in [0.2, 0.25) is 5.02 Å². The number of halogens is 4. The zero-order valence-corrected chi connectivity index (χ0v) is 14.6. The van der Waals surface area contributed by atoms with Crippen LogP contribution in [0.3, 0.4) is 0 Å². The summed E-state index contributed by atoms with van der Waals surface area (Å²) >= 11 is 5.62. The lowest BCUT2D eigenvalue weighted by Gasteiger charge is -2.12. The molecule has 138 valence electrons. The molecule has 0 saturated carbocycles. The van der Waals surface area contributed by atoms with E-state index in [1.807, 2.05) is 13.8 Å². The van der Waals surface area contributed by atoms with Crippen molar-refractivity contribution in [1.82, 2.24) is 19.7 Å². The van der Waals surface area contributed by atoms with Crippen LogP contribution in [-0.2, 0) is 6.18 Å². The van der Waals surface area contributed by atoms with Gasteiger partial charge in [0, 0.05) is 5.56 Å². The maximum atomic E-state index is 13.2. The van der Waals surface area contributed by atoms with E-state index in [0.717, 1.165) is 18.6 Å². The van der Waals surface area contributed by atoms with E-state index in [2.05, 4.69) is 15.1 Å². The molecule has 0 aliphatic rings. The number of anilines is 1. The number of hydrogen-bond acceptors (Lipinski definition) is 5. The van der Waals surface area contributed by atoms with Gasteiger partial charge in [0.1, 0.15) is 23.6 Å². The van der Waals surface area contributed by atoms with E-state index in [4.69, 9.17) is 17.3 Å². The number of benzene rings is 1. The fourth-order valence-corrected chi connectivity index (χ4v) is 2.85. The first kappa shape index (κ1) is 18.2. The van der Waals surface area contributed by atoms with Crippen molar-refractivity contribution in [2.45, 2.75) is 32.5 Å². The van der Waals surface area contributed by atoms with Crippen LogP contribution < -0.4 is 5.73 Å². The van der Waals surface area contributed by atoms with E-state index in [-0.39, 0.29) is 23.1 Å². The second-order valence-corrected chi connectivity index (χ2v) is 6.24. The number of aromatic nitrogens is 4. The number of hydrogen-bond donors (Lipinski definition) is 2. The monoisotopic (exact) mass is 385 g/mol. The highest BCUT2D eigenvalue weighted by atomic mass is 35.5. The van der Waals surface area contributed by atoms with Crippen LogP contribution in [0, 0.1) is 0 Å². The topological polar surface area (TPSA) is 89.8 Å². The lowest BCUT2D eigenvalue weighted by Crippen LogP contribution is -2.07. The number of phenolic OH excluding ortho intramolecular Hbond substituents is 1. The van der Waals surface area contributed by atoms with Crippen LogP contribution in [-0.4, -0.2) is 24.9 Å². The van der Waals surface area contributed by atoms with Crippen molar-refractivity contribution in [3.8, 4) is 17.0 Å². The van der Waals surface area contributed by atoms with Crippen molar-refractivity contribution in [3.63, 3.8) is 0 Å². The predicted octanol–water partition coefficient (Wildman–Crippen LogP) is 4.42. The maximum Gasteiger partial charge on any atom is 0.418 e. The molecule has 3 N–H and O–H groups in total. The van der Waals surface area contributed by atoms with Gasteiger partial charge in [0.15, 0.2) is 5.65 Å². The molecule has 0 amide bonds. The van der Waals surface area contributed by atoms with Gasteiger partial charge >= 0.3 is 6.18 Å². The molecule has 26 heavy (non-hydrogen) atoms. The fraction of sp³-hybridized carbons (Fsp3) is 0.312. The van der Waals surface area contributed by atoms with Crippen LogP contribution in [0.15, 0.2) is 18.5 Å². The minimum atomic E-state index is -4.73. The molecule has 1 aromatic carbocycles. The van der Waals surface area contributed by atoms with Gasteiger partial charge in [-0.3, -0.25) is 0 Å². The zero-order chi connectivity index (χ0) is 19.2. The maximum absolute atomic E-state index is 13.2. The standard InChI is InChI=1S/C16H15ClF3N5O/c1-3-7(2)25-15-11(14(21)22-6-23-15)13(24-25)8-4-9(16(18,19)20)12(17)10(26)5-8/h4-7,26H,3H2,1-2H3,(H2,21,22,23). The second kappa shape index (κ2) is 6.31. The molecule has 1 unspecified atom stereocenters. The molecule has 0 bridgehead atoms. The molecule has 0 spiro atoms. The van der Waals surface area contributed by atoms with Gasteiger partial charge in [0.05, 0.1) is 22.0 Å². The largest absolute Gasteiger partial charge is 0.506 e. The highest BCUT2D eigenvalue weighted by Crippen LogP contribution is 2.43. The molecule has 2 aromatic heterocycles. The smallest absolute Gasteiger partial charge is 0.418 e. The van der Waals surface area contributed by atoms with Crippen LogP contribution in [0.4, 0.5) is 19.0 Å². The van der Waals surface area contributed by atoms with Crippen molar-refractivity contribution in [3.05, 3.63) is 29.0 Å². The van der Waals surface area contributed by atoms with Gasteiger partial charge in [-0.15, -0.1) is 0 Å². The van der Waals surface area contributed by atoms with Gasteiger partial charge < -0.3 is 10.8 Å². The Morgan fingerprint density at radius 1 is 1.31 bits per heavy atom. The Hall–Kier alpha value is -2.55. The molecule has 0 aliphatic heterocycles.